The number of carbonyl (C=O) groups is 2. The largest absolute Gasteiger partial charge is 0.481 e. The number of rotatable bonds is 6. The molecule has 0 amide bonds. The summed E-state index contributed by atoms with van der Waals surface area (Å²) in [5, 5.41) is 10.1. The Labute approximate surface area is 165 Å². The van der Waals surface area contributed by atoms with Crippen molar-refractivity contribution >= 4 is 20.9 Å². The van der Waals surface area contributed by atoms with Crippen molar-refractivity contribution in [2.45, 2.75) is 79.6 Å². The summed E-state index contributed by atoms with van der Waals surface area (Å²) in [7, 11) is 1.17. The molecule has 4 nitrogen and oxygen atoms in total. The fourth-order valence-corrected chi connectivity index (χ4v) is 5.01. The van der Waals surface area contributed by atoms with Crippen LogP contribution in [-0.2, 0) is 9.36 Å². The minimum atomic E-state index is -1.01. The van der Waals surface area contributed by atoms with E-state index in [1.54, 1.807) is 6.92 Å². The number of ketones is 1. The van der Waals surface area contributed by atoms with Crippen LogP contribution in [0, 0.1) is 31.6 Å². The van der Waals surface area contributed by atoms with Gasteiger partial charge in [-0.1, -0.05) is 54.9 Å². The first-order valence-corrected chi connectivity index (χ1v) is 10.3. The number of carboxylic acid groups (broad SMARTS) is 1. The molecule has 1 aromatic carbocycles. The topological polar surface area (TPSA) is 71.4 Å². The molecule has 1 N–H and O–H groups in total. The van der Waals surface area contributed by atoms with Crippen LogP contribution < -0.4 is 0 Å². The van der Waals surface area contributed by atoms with Gasteiger partial charge in [-0.2, -0.15) is 0 Å². The summed E-state index contributed by atoms with van der Waals surface area (Å²) in [5.74, 6) is -0.771. The van der Waals surface area contributed by atoms with Crippen LogP contribution in [0.4, 0.5) is 0 Å². The second-order valence-electron chi connectivity index (χ2n) is 8.13. The Morgan fingerprint density at radius 1 is 1.07 bits per heavy atom. The average molecular weight is 393 g/mol. The molecule has 0 heterocycles. The molecule has 1 aliphatic carbocycles. The first-order chi connectivity index (χ1) is 12.7. The van der Waals surface area contributed by atoms with Gasteiger partial charge < -0.3 is 5.11 Å². The lowest BCUT2D eigenvalue weighted by Crippen LogP contribution is -2.52. The van der Waals surface area contributed by atoms with E-state index in [1.165, 1.54) is 9.12 Å². The van der Waals surface area contributed by atoms with Crippen molar-refractivity contribution in [2.75, 3.05) is 0 Å². The molecule has 1 fully saturated rings. The average Bonchev–Trinajstić information content (AvgIpc) is 2.63. The second kappa shape index (κ2) is 9.59. The summed E-state index contributed by atoms with van der Waals surface area (Å²) in [6, 6.07) is 4.07. The highest BCUT2D eigenvalue weighted by Gasteiger charge is 2.57. The van der Waals surface area contributed by atoms with Crippen molar-refractivity contribution in [1.82, 2.24) is 0 Å². The van der Waals surface area contributed by atoms with Gasteiger partial charge in [-0.05, 0) is 58.1 Å². The zero-order valence-corrected chi connectivity index (χ0v) is 18.5. The molecule has 2 atom stereocenters. The van der Waals surface area contributed by atoms with E-state index in [0.717, 1.165) is 47.9 Å². The number of carbonyl (C=O) groups excluding carboxylic acids is 1. The number of aryl methyl sites for hydroxylation is 3. The Bertz CT molecular complexity index is 669. The van der Waals surface area contributed by atoms with Gasteiger partial charge in [0.05, 0.1) is 5.41 Å². The zero-order chi connectivity index (χ0) is 20.8. The van der Waals surface area contributed by atoms with Gasteiger partial charge in [-0.25, -0.2) is 0 Å². The monoisotopic (exact) mass is 393 g/mol. The van der Waals surface area contributed by atoms with Crippen LogP contribution in [0.1, 0.15) is 85.8 Å². The van der Waals surface area contributed by atoms with Gasteiger partial charge >= 0.3 is 15.1 Å². The minimum Gasteiger partial charge on any atom is -0.481 e. The van der Waals surface area contributed by atoms with E-state index in [2.05, 4.69) is 0 Å². The maximum absolute atomic E-state index is 13.8. The summed E-state index contributed by atoms with van der Waals surface area (Å²) < 4.78 is 8.17. The van der Waals surface area contributed by atoms with E-state index in [0.29, 0.717) is 19.3 Å². The molecule has 1 saturated carbocycles. The van der Waals surface area contributed by atoms with Gasteiger partial charge in [0.2, 0.25) is 0 Å². The normalized spacial score (nSPS) is 18.0. The Morgan fingerprint density at radius 3 is 1.96 bits per heavy atom. The van der Waals surface area contributed by atoms with Crippen LogP contribution in [0.3, 0.4) is 0 Å². The second-order valence-corrected chi connectivity index (χ2v) is 8.13. The van der Waals surface area contributed by atoms with E-state index < -0.39 is 16.8 Å². The molecule has 0 radical (unpaired) electrons. The summed E-state index contributed by atoms with van der Waals surface area (Å²) in [4.78, 5) is 26.2. The van der Waals surface area contributed by atoms with Crippen molar-refractivity contribution < 1.29 is 19.3 Å². The third-order valence-corrected chi connectivity index (χ3v) is 6.32. The van der Waals surface area contributed by atoms with Gasteiger partial charge in [-0.3, -0.25) is 9.59 Å². The van der Waals surface area contributed by atoms with Gasteiger partial charge in [0.15, 0.2) is 5.78 Å². The third kappa shape index (κ3) is 4.32. The fraction of sp³-hybridized carbons (Fsp3) is 0.636. The van der Waals surface area contributed by atoms with Crippen molar-refractivity contribution in [1.29, 1.82) is 0 Å². The quantitative estimate of drug-likeness (QED) is 0.486. The fourth-order valence-electron chi connectivity index (χ4n) is 5.01. The van der Waals surface area contributed by atoms with Crippen LogP contribution in [0.15, 0.2) is 12.1 Å². The van der Waals surface area contributed by atoms with Crippen LogP contribution in [0.2, 0.25) is 0 Å². The van der Waals surface area contributed by atoms with Crippen LogP contribution in [0.25, 0.3) is 0 Å². The van der Waals surface area contributed by atoms with Crippen molar-refractivity contribution in [3.8, 4) is 0 Å². The molecule has 1 aliphatic rings. The molecular formula is C22H34O4P+. The summed E-state index contributed by atoms with van der Waals surface area (Å²) in [6.07, 6.45) is 5.62. The van der Waals surface area contributed by atoms with Crippen molar-refractivity contribution in [2.24, 2.45) is 10.8 Å². The van der Waals surface area contributed by atoms with E-state index >= 15 is 0 Å². The van der Waals surface area contributed by atoms with Crippen LogP contribution >= 0.6 is 9.12 Å². The van der Waals surface area contributed by atoms with Crippen LogP contribution in [-0.4, -0.2) is 16.9 Å². The van der Waals surface area contributed by atoms with E-state index in [9.17, 15) is 14.7 Å². The number of hydrogen-bond acceptors (Lipinski definition) is 3. The van der Waals surface area contributed by atoms with Crippen molar-refractivity contribution in [3.05, 3.63) is 34.4 Å². The first-order valence-electron chi connectivity index (χ1n) is 9.79. The minimum absolute atomic E-state index is 0.0561. The highest BCUT2D eigenvalue weighted by Crippen LogP contribution is 2.54. The molecule has 1 aromatic rings. The lowest BCUT2D eigenvalue weighted by Gasteiger charge is -2.48. The molecule has 27 heavy (non-hydrogen) atoms. The Morgan fingerprint density at radius 2 is 1.56 bits per heavy atom. The van der Waals surface area contributed by atoms with Crippen molar-refractivity contribution in [3.63, 3.8) is 0 Å². The lowest BCUT2D eigenvalue weighted by molar-refractivity contribution is -0.157. The maximum Gasteiger partial charge on any atom is 0.310 e. The number of aliphatic carboxylic acids is 1. The highest BCUT2D eigenvalue weighted by atomic mass is 31.0. The molecule has 150 valence electrons. The summed E-state index contributed by atoms with van der Waals surface area (Å²) in [6.45, 7) is 9.79. The summed E-state index contributed by atoms with van der Waals surface area (Å²) in [5.41, 5.74) is 2.02. The van der Waals surface area contributed by atoms with Gasteiger partial charge in [0, 0.05) is 11.0 Å². The maximum atomic E-state index is 13.8. The Hall–Kier alpha value is -1.54. The number of benzene rings is 1. The van der Waals surface area contributed by atoms with Crippen LogP contribution in [0.5, 0.6) is 0 Å². The molecule has 5 heteroatoms. The molecule has 0 aromatic heterocycles. The van der Waals surface area contributed by atoms with Gasteiger partial charge in [0.1, 0.15) is 0 Å². The molecule has 0 saturated heterocycles. The highest BCUT2D eigenvalue weighted by molar-refractivity contribution is 7.00. The van der Waals surface area contributed by atoms with E-state index in [4.69, 9.17) is 4.57 Å². The van der Waals surface area contributed by atoms with Gasteiger partial charge in [0.25, 0.3) is 0 Å². The zero-order valence-electron chi connectivity index (χ0n) is 17.4. The smallest absolute Gasteiger partial charge is 0.310 e. The predicted octanol–water partition coefficient (Wildman–Crippen LogP) is 5.84. The number of carboxylic acids is 1. The van der Waals surface area contributed by atoms with E-state index in [-0.39, 0.29) is 5.78 Å². The molecule has 2 rings (SSSR count). The number of Topliss-reactive ketones (excluding diaryl/α,β-unsaturated/α-hetero) is 1. The standard InChI is InChI=1S/C22H32O3.H2OP/c1-6-10-21(5,20(24)25)22(11-8-7-9-12-22)19(23)18-16(3)13-15(2)14-17(18)4;1-2/h13-14H,6-12H2,1-5H3,(H,24,25);2H2/q;+1. The molecule has 0 spiro atoms. The molecular weight excluding hydrogens is 359 g/mol. The summed E-state index contributed by atoms with van der Waals surface area (Å²) >= 11 is 0. The first kappa shape index (κ1) is 23.5. The SMILES string of the molecule is CCCC(C)(C(=O)O)C1(C(=O)c2c(C)cc(C)cc2C)CCCCC1.O=[PH2+]. The molecule has 2 unspecified atom stereocenters. The predicted molar refractivity (Wildman–Crippen MR) is 112 cm³/mol. The molecule has 0 bridgehead atoms. The van der Waals surface area contributed by atoms with Gasteiger partial charge in [-0.15, -0.1) is 0 Å². The lowest BCUT2D eigenvalue weighted by atomic mass is 9.53. The van der Waals surface area contributed by atoms with E-state index in [1.807, 2.05) is 39.8 Å². The molecule has 0 aliphatic heterocycles. The number of hydrogen-bond donors (Lipinski definition) is 1. The third-order valence-electron chi connectivity index (χ3n) is 6.32. The Balaban J connectivity index is 0.00000176. The Kier molecular flexibility index (Phi) is 8.35.